The van der Waals surface area contributed by atoms with E-state index in [2.05, 4.69) is 0 Å². The Morgan fingerprint density at radius 1 is 0.750 bits per heavy atom. The van der Waals surface area contributed by atoms with Gasteiger partial charge in [-0.2, -0.15) is 0 Å². The molecule has 0 atom stereocenters. The molecule has 0 bridgehead atoms. The predicted octanol–water partition coefficient (Wildman–Crippen LogP) is -0.227. The van der Waals surface area contributed by atoms with Crippen LogP contribution >= 0.6 is 21.6 Å². The summed E-state index contributed by atoms with van der Waals surface area (Å²) >= 11 is 0. The molecule has 0 aliphatic carbocycles. The van der Waals surface area contributed by atoms with E-state index in [1.54, 1.807) is 28.4 Å². The number of methoxy groups -OCH3 is 4. The predicted molar refractivity (Wildman–Crippen MR) is 77.6 cm³/mol. The molecule has 0 saturated carbocycles. The first-order valence-electron chi connectivity index (χ1n) is 5.14. The highest BCUT2D eigenvalue weighted by atomic mass is 33.1. The summed E-state index contributed by atoms with van der Waals surface area (Å²) in [6.07, 6.45) is 0. The summed E-state index contributed by atoms with van der Waals surface area (Å²) in [6, 6.07) is 0. The Kier molecular flexibility index (Phi) is 13.2. The van der Waals surface area contributed by atoms with Crippen LogP contribution in [0.5, 0.6) is 0 Å². The molecule has 0 aromatic carbocycles. The third kappa shape index (κ3) is 9.05. The Balaban J connectivity index is 3.26. The summed E-state index contributed by atoms with van der Waals surface area (Å²) < 4.78 is 20.7. The molecule has 0 spiro atoms. The van der Waals surface area contributed by atoms with E-state index in [-0.39, 0.29) is 30.9 Å². The van der Waals surface area contributed by atoms with Gasteiger partial charge < -0.3 is 18.9 Å². The number of rotatable bonds is 11. The largest absolute Gasteiger partial charge is 0.360 e. The molecule has 0 aromatic rings. The molecule has 0 N–H and O–H groups in total. The summed E-state index contributed by atoms with van der Waals surface area (Å²) in [6.45, 7) is 0. The zero-order valence-corrected chi connectivity index (χ0v) is 14.9. The first-order valence-corrected chi connectivity index (χ1v) is 11.3. The lowest BCUT2D eigenvalue weighted by atomic mass is 11.3. The molecule has 16 heavy (non-hydrogen) atoms. The van der Waals surface area contributed by atoms with Crippen LogP contribution in [0.25, 0.3) is 0 Å². The first-order chi connectivity index (χ1) is 7.78. The van der Waals surface area contributed by atoms with E-state index >= 15 is 0 Å². The van der Waals surface area contributed by atoms with Crippen LogP contribution in [0.15, 0.2) is 0 Å². The molecule has 0 fully saturated rings. The molecule has 0 unspecified atom stereocenters. The quantitative estimate of drug-likeness (QED) is 0.227. The average Bonchev–Trinajstić information content (AvgIpc) is 2.33. The fourth-order valence-corrected chi connectivity index (χ4v) is 9.12. The van der Waals surface area contributed by atoms with Crippen molar-refractivity contribution >= 4 is 40.6 Å². The van der Waals surface area contributed by atoms with E-state index in [1.165, 1.54) is 10.8 Å². The van der Waals surface area contributed by atoms with Gasteiger partial charge >= 0.3 is 0 Å². The van der Waals surface area contributed by atoms with Gasteiger partial charge in [0.1, 0.15) is 30.9 Å². The molecule has 0 aliphatic rings. The van der Waals surface area contributed by atoms with Crippen LogP contribution in [0.1, 0.15) is 0 Å². The van der Waals surface area contributed by atoms with Crippen molar-refractivity contribution < 1.29 is 18.9 Å². The molecular weight excluding hydrogens is 280 g/mol. The smallest absolute Gasteiger partial charge is 0.135 e. The van der Waals surface area contributed by atoms with Gasteiger partial charge in [0.05, 0.1) is 0 Å². The third-order valence-corrected chi connectivity index (χ3v) is 11.2. The van der Waals surface area contributed by atoms with Gasteiger partial charge in [0.15, 0.2) is 0 Å². The van der Waals surface area contributed by atoms with Crippen LogP contribution in [0.2, 0.25) is 0 Å². The highest BCUT2D eigenvalue weighted by molar-refractivity contribution is 8.77. The Bertz CT molecular complexity index is 132. The Labute approximate surface area is 111 Å². The second kappa shape index (κ2) is 12.4. The summed E-state index contributed by atoms with van der Waals surface area (Å²) in [4.78, 5) is 0. The van der Waals surface area contributed by atoms with Crippen molar-refractivity contribution in [3.8, 4) is 0 Å². The minimum Gasteiger partial charge on any atom is -0.360 e. The molecule has 0 radical (unpaired) electrons. The van der Waals surface area contributed by atoms with Crippen molar-refractivity contribution in [1.82, 2.24) is 0 Å². The molecule has 0 amide bonds. The summed E-state index contributed by atoms with van der Waals surface area (Å²) in [5.74, 6) is 0.132. The maximum absolute atomic E-state index is 5.16. The lowest BCUT2D eigenvalue weighted by Crippen LogP contribution is -2.24. The lowest BCUT2D eigenvalue weighted by Gasteiger charge is -2.13. The number of hydrogen-bond acceptors (Lipinski definition) is 6. The van der Waals surface area contributed by atoms with Gasteiger partial charge in [0.2, 0.25) is 0 Å². The second-order valence-electron chi connectivity index (χ2n) is 3.02. The molecule has 0 heterocycles. The van der Waals surface area contributed by atoms with Gasteiger partial charge in [0.25, 0.3) is 0 Å². The van der Waals surface area contributed by atoms with Crippen molar-refractivity contribution in [2.45, 2.75) is 11.8 Å². The van der Waals surface area contributed by atoms with Crippen LogP contribution in [0, 0.1) is 0 Å². The standard InChI is InChI=1S/C8H22O4S2Si2/c1-9-7(10-2)15-5-13-14-6-16-8(11-3)12-4/h7-8H,5-6,15-16H2,1-4H3. The monoisotopic (exact) mass is 302 g/mol. The van der Waals surface area contributed by atoms with Crippen molar-refractivity contribution in [3.63, 3.8) is 0 Å². The highest BCUT2D eigenvalue weighted by Crippen LogP contribution is 2.20. The zero-order valence-electron chi connectivity index (χ0n) is 10.4. The molecule has 0 aromatic heterocycles. The maximum atomic E-state index is 5.16. The van der Waals surface area contributed by atoms with E-state index in [0.29, 0.717) is 0 Å². The zero-order chi connectivity index (χ0) is 12.2. The van der Waals surface area contributed by atoms with Gasteiger partial charge in [-0.3, -0.25) is 0 Å². The fourth-order valence-electron chi connectivity index (χ4n) is 1.07. The fraction of sp³-hybridized carbons (Fsp3) is 1.00. The third-order valence-electron chi connectivity index (χ3n) is 2.01. The van der Waals surface area contributed by atoms with Crippen LogP contribution in [-0.2, 0) is 18.9 Å². The van der Waals surface area contributed by atoms with Crippen molar-refractivity contribution in [2.24, 2.45) is 0 Å². The van der Waals surface area contributed by atoms with Crippen LogP contribution in [-0.4, -0.2) is 70.1 Å². The minimum atomic E-state index is -0.282. The molecule has 0 rings (SSSR count). The first kappa shape index (κ1) is 17.0. The summed E-state index contributed by atoms with van der Waals surface area (Å²) in [7, 11) is 10.1. The summed E-state index contributed by atoms with van der Waals surface area (Å²) in [5.41, 5.74) is 0. The normalized spacial score (nSPS) is 13.1. The van der Waals surface area contributed by atoms with E-state index in [4.69, 9.17) is 18.9 Å². The van der Waals surface area contributed by atoms with Crippen LogP contribution < -0.4 is 0 Å². The maximum Gasteiger partial charge on any atom is 0.135 e. The van der Waals surface area contributed by atoms with E-state index in [0.717, 1.165) is 0 Å². The topological polar surface area (TPSA) is 36.9 Å². The number of hydrogen-bond donors (Lipinski definition) is 0. The Hall–Kier alpha value is 0.974. The molecular formula is C8H22O4S2Si2. The Morgan fingerprint density at radius 3 is 1.31 bits per heavy atom. The van der Waals surface area contributed by atoms with Gasteiger partial charge in [-0.1, -0.05) is 21.6 Å². The molecule has 0 aliphatic heterocycles. The van der Waals surface area contributed by atoms with Gasteiger partial charge in [-0.05, 0) is 10.8 Å². The second-order valence-corrected chi connectivity index (χ2v) is 10.7. The van der Waals surface area contributed by atoms with E-state index in [1.807, 2.05) is 21.6 Å². The number of ether oxygens (including phenoxy) is 4. The van der Waals surface area contributed by atoms with E-state index < -0.39 is 0 Å². The summed E-state index contributed by atoms with van der Waals surface area (Å²) in [5, 5.41) is 2.35. The SMILES string of the molecule is COC(OC)[SiH2]CSSC[SiH2]C(OC)OC. The van der Waals surface area contributed by atoms with Crippen molar-refractivity contribution in [2.75, 3.05) is 39.2 Å². The van der Waals surface area contributed by atoms with Gasteiger partial charge in [0, 0.05) is 28.4 Å². The minimum absolute atomic E-state index is 0.0658. The molecule has 4 nitrogen and oxygen atoms in total. The van der Waals surface area contributed by atoms with Crippen molar-refractivity contribution in [1.29, 1.82) is 0 Å². The Morgan fingerprint density at radius 2 is 1.06 bits per heavy atom. The van der Waals surface area contributed by atoms with Crippen LogP contribution in [0.4, 0.5) is 0 Å². The van der Waals surface area contributed by atoms with Gasteiger partial charge in [-0.25, -0.2) is 0 Å². The van der Waals surface area contributed by atoms with Gasteiger partial charge in [-0.15, -0.1) is 0 Å². The molecule has 0 saturated heterocycles. The highest BCUT2D eigenvalue weighted by Gasteiger charge is 2.07. The van der Waals surface area contributed by atoms with Crippen molar-refractivity contribution in [3.05, 3.63) is 0 Å². The lowest BCUT2D eigenvalue weighted by molar-refractivity contribution is -0.0437. The van der Waals surface area contributed by atoms with E-state index in [9.17, 15) is 0 Å². The average molecular weight is 303 g/mol. The molecule has 98 valence electrons. The van der Waals surface area contributed by atoms with Crippen LogP contribution in [0.3, 0.4) is 0 Å². The molecule has 8 heteroatoms.